The Morgan fingerprint density at radius 3 is 2.70 bits per heavy atom. The number of likely N-dealkylation sites (tertiary alicyclic amines) is 1. The number of Topliss-reactive ketones (excluding diaryl/α,β-unsaturated/α-hetero) is 1. The molecule has 1 amide bonds. The van der Waals surface area contributed by atoms with Crippen LogP contribution < -0.4 is 0 Å². The van der Waals surface area contributed by atoms with Gasteiger partial charge in [-0.25, -0.2) is 4.85 Å². The Hall–Kier alpha value is -1.63. The minimum absolute atomic E-state index is 0.0507. The van der Waals surface area contributed by atoms with Crippen LogP contribution in [0.4, 0.5) is 0 Å². The van der Waals surface area contributed by atoms with Crippen LogP contribution in [-0.4, -0.2) is 29.7 Å². The Balaban J connectivity index is 2.42. The highest BCUT2D eigenvalue weighted by Crippen LogP contribution is 2.52. The van der Waals surface area contributed by atoms with Gasteiger partial charge in [-0.2, -0.15) is 0 Å². The summed E-state index contributed by atoms with van der Waals surface area (Å²) in [4.78, 5) is 29.6. The van der Waals surface area contributed by atoms with Crippen LogP contribution in [0.2, 0.25) is 0 Å². The zero-order chi connectivity index (χ0) is 15.1. The molecule has 0 aromatic rings. The smallest absolute Gasteiger partial charge is 0.226 e. The maximum absolute atomic E-state index is 12.4. The molecule has 108 valence electrons. The van der Waals surface area contributed by atoms with Crippen LogP contribution in [0.15, 0.2) is 11.8 Å². The van der Waals surface area contributed by atoms with E-state index in [2.05, 4.69) is 11.8 Å². The molecule has 20 heavy (non-hydrogen) atoms. The van der Waals surface area contributed by atoms with Gasteiger partial charge in [0, 0.05) is 24.9 Å². The number of hydrogen-bond acceptors (Lipinski definition) is 2. The van der Waals surface area contributed by atoms with E-state index in [1.165, 1.54) is 0 Å². The average molecular weight is 274 g/mol. The third-order valence-electron chi connectivity index (χ3n) is 4.95. The number of ketones is 1. The minimum atomic E-state index is -0.523. The summed E-state index contributed by atoms with van der Waals surface area (Å²) in [7, 11) is 0. The lowest BCUT2D eigenvalue weighted by Gasteiger charge is -2.53. The van der Waals surface area contributed by atoms with Crippen LogP contribution in [0.3, 0.4) is 0 Å². The summed E-state index contributed by atoms with van der Waals surface area (Å²) in [6, 6.07) is 0. The van der Waals surface area contributed by atoms with Gasteiger partial charge in [0.2, 0.25) is 11.6 Å². The predicted octanol–water partition coefficient (Wildman–Crippen LogP) is 2.66. The van der Waals surface area contributed by atoms with Crippen molar-refractivity contribution in [2.45, 2.75) is 40.5 Å². The molecule has 4 heteroatoms. The monoisotopic (exact) mass is 274 g/mol. The quantitative estimate of drug-likeness (QED) is 0.690. The maximum Gasteiger partial charge on any atom is 0.226 e. The molecule has 0 spiro atoms. The summed E-state index contributed by atoms with van der Waals surface area (Å²) in [5.41, 5.74) is -0.565. The van der Waals surface area contributed by atoms with E-state index < -0.39 is 5.41 Å². The second kappa shape index (κ2) is 4.73. The molecule has 0 unspecified atom stereocenters. The van der Waals surface area contributed by atoms with Crippen molar-refractivity contribution in [3.63, 3.8) is 0 Å². The van der Waals surface area contributed by atoms with Gasteiger partial charge in [-0.05, 0) is 17.8 Å². The van der Waals surface area contributed by atoms with Gasteiger partial charge in [0.15, 0.2) is 5.78 Å². The summed E-state index contributed by atoms with van der Waals surface area (Å²) in [5, 5.41) is 0. The Morgan fingerprint density at radius 1 is 1.50 bits per heavy atom. The standard InChI is InChI=1S/C16H22N2O2/c1-6-13(19)18-8-7-12-15(2,3)14(20)11(17-5)9-16(12,4)10-18/h9,12H,6-8,10H2,1-4H3/t12-,16+/m0/s1. The van der Waals surface area contributed by atoms with Crippen molar-refractivity contribution in [1.29, 1.82) is 0 Å². The van der Waals surface area contributed by atoms with Gasteiger partial charge < -0.3 is 9.69 Å². The van der Waals surface area contributed by atoms with E-state index in [0.29, 0.717) is 19.5 Å². The van der Waals surface area contributed by atoms with Crippen molar-refractivity contribution in [2.75, 3.05) is 13.1 Å². The Morgan fingerprint density at radius 2 is 2.15 bits per heavy atom. The van der Waals surface area contributed by atoms with Gasteiger partial charge >= 0.3 is 0 Å². The van der Waals surface area contributed by atoms with Gasteiger partial charge in [-0.1, -0.05) is 33.8 Å². The number of hydrogen-bond donors (Lipinski definition) is 0. The lowest BCUT2D eigenvalue weighted by molar-refractivity contribution is -0.140. The van der Waals surface area contributed by atoms with Crippen molar-refractivity contribution in [3.8, 4) is 0 Å². The highest BCUT2D eigenvalue weighted by Gasteiger charge is 2.53. The maximum atomic E-state index is 12.4. The molecule has 2 rings (SSSR count). The first-order valence-electron chi connectivity index (χ1n) is 7.19. The number of piperidine rings is 1. The van der Waals surface area contributed by atoms with E-state index in [9.17, 15) is 9.59 Å². The molecular weight excluding hydrogens is 252 g/mol. The van der Waals surface area contributed by atoms with Gasteiger partial charge in [0.05, 0.1) is 6.57 Å². The first-order chi connectivity index (χ1) is 9.26. The van der Waals surface area contributed by atoms with Crippen LogP contribution in [0.1, 0.15) is 40.5 Å². The summed E-state index contributed by atoms with van der Waals surface area (Å²) < 4.78 is 0. The van der Waals surface area contributed by atoms with Crippen LogP contribution in [0, 0.1) is 23.3 Å². The fourth-order valence-corrected chi connectivity index (χ4v) is 3.93. The fraction of sp³-hybridized carbons (Fsp3) is 0.688. The molecule has 0 aromatic heterocycles. The van der Waals surface area contributed by atoms with Gasteiger partial charge in [-0.15, -0.1) is 0 Å². The van der Waals surface area contributed by atoms with Crippen molar-refractivity contribution in [3.05, 3.63) is 23.2 Å². The molecule has 2 aliphatic rings. The Bertz CT molecular complexity index is 527. The molecule has 0 aromatic carbocycles. The highest BCUT2D eigenvalue weighted by molar-refractivity contribution is 6.02. The number of amides is 1. The topological polar surface area (TPSA) is 41.7 Å². The molecule has 4 nitrogen and oxygen atoms in total. The highest BCUT2D eigenvalue weighted by atomic mass is 16.2. The number of fused-ring (bicyclic) bond motifs is 1. The predicted molar refractivity (Wildman–Crippen MR) is 76.6 cm³/mol. The van der Waals surface area contributed by atoms with E-state index >= 15 is 0 Å². The van der Waals surface area contributed by atoms with E-state index in [1.54, 1.807) is 0 Å². The average Bonchev–Trinajstić information content (AvgIpc) is 2.41. The molecule has 1 aliphatic carbocycles. The summed E-state index contributed by atoms with van der Waals surface area (Å²) in [6.45, 7) is 16.4. The molecule has 2 atom stereocenters. The van der Waals surface area contributed by atoms with Crippen molar-refractivity contribution in [1.82, 2.24) is 4.90 Å². The largest absolute Gasteiger partial charge is 0.342 e. The number of allylic oxidation sites excluding steroid dienone is 1. The van der Waals surface area contributed by atoms with Crippen molar-refractivity contribution in [2.24, 2.45) is 16.7 Å². The molecule has 1 heterocycles. The van der Waals surface area contributed by atoms with E-state index in [-0.39, 0.29) is 28.7 Å². The van der Waals surface area contributed by atoms with E-state index in [0.717, 1.165) is 6.42 Å². The minimum Gasteiger partial charge on any atom is -0.342 e. The zero-order valence-electron chi connectivity index (χ0n) is 12.7. The fourth-order valence-electron chi connectivity index (χ4n) is 3.93. The van der Waals surface area contributed by atoms with Gasteiger partial charge in [-0.3, -0.25) is 4.79 Å². The molecule has 0 saturated carbocycles. The molecule has 0 N–H and O–H groups in total. The number of nitrogens with zero attached hydrogens (tertiary/aromatic N) is 2. The second-order valence-electron chi connectivity index (χ2n) is 6.71. The number of carbonyl (C=O) groups is 2. The number of rotatable bonds is 1. The normalized spacial score (nSPS) is 32.1. The molecule has 1 fully saturated rings. The van der Waals surface area contributed by atoms with Crippen LogP contribution >= 0.6 is 0 Å². The van der Waals surface area contributed by atoms with Gasteiger partial charge in [0.25, 0.3) is 0 Å². The second-order valence-corrected chi connectivity index (χ2v) is 6.71. The summed E-state index contributed by atoms with van der Waals surface area (Å²) in [5.74, 6) is 0.288. The SMILES string of the molecule is [C-]#[N+]C1=C[C@]2(C)CN(C(=O)CC)CC[C@H]2C(C)(C)C1=O. The summed E-state index contributed by atoms with van der Waals surface area (Å²) >= 11 is 0. The molecular formula is C16H22N2O2. The Kier molecular flexibility index (Phi) is 3.49. The van der Waals surface area contributed by atoms with E-state index in [1.807, 2.05) is 31.7 Å². The van der Waals surface area contributed by atoms with Gasteiger partial charge in [0.1, 0.15) is 0 Å². The first-order valence-corrected chi connectivity index (χ1v) is 7.19. The van der Waals surface area contributed by atoms with Crippen molar-refractivity contribution < 1.29 is 9.59 Å². The van der Waals surface area contributed by atoms with Crippen LogP contribution in [0.25, 0.3) is 4.85 Å². The molecule has 1 saturated heterocycles. The van der Waals surface area contributed by atoms with E-state index in [4.69, 9.17) is 6.57 Å². The third-order valence-corrected chi connectivity index (χ3v) is 4.95. The zero-order valence-corrected chi connectivity index (χ0v) is 12.7. The Labute approximate surface area is 120 Å². The lowest BCUT2D eigenvalue weighted by Crippen LogP contribution is -2.56. The van der Waals surface area contributed by atoms with Crippen LogP contribution in [0.5, 0.6) is 0 Å². The summed E-state index contributed by atoms with van der Waals surface area (Å²) in [6.07, 6.45) is 3.14. The molecule has 1 aliphatic heterocycles. The molecule has 0 radical (unpaired) electrons. The first kappa shape index (κ1) is 14.8. The third kappa shape index (κ3) is 2.06. The lowest BCUT2D eigenvalue weighted by atomic mass is 9.55. The van der Waals surface area contributed by atoms with Crippen molar-refractivity contribution >= 4 is 11.7 Å². The molecule has 0 bridgehead atoms. The van der Waals surface area contributed by atoms with Crippen LogP contribution in [-0.2, 0) is 9.59 Å². The number of carbonyl (C=O) groups excluding carboxylic acids is 2.